The predicted molar refractivity (Wildman–Crippen MR) is 88.6 cm³/mol. The van der Waals surface area contributed by atoms with Gasteiger partial charge in [0.25, 0.3) is 0 Å². The molecule has 0 spiro atoms. The second-order valence-electron chi connectivity index (χ2n) is 6.16. The Morgan fingerprint density at radius 1 is 1.16 bits per heavy atom. The first-order valence-electron chi connectivity index (χ1n) is 8.52. The molecule has 1 aromatic carbocycles. The molecular weight excluding hydrogens is 324 g/mol. The molecule has 0 unspecified atom stereocenters. The van der Waals surface area contributed by atoms with Crippen LogP contribution < -0.4 is 14.8 Å². The highest BCUT2D eigenvalue weighted by atomic mass is 16.6. The van der Waals surface area contributed by atoms with E-state index >= 15 is 0 Å². The van der Waals surface area contributed by atoms with Gasteiger partial charge in [0.1, 0.15) is 13.2 Å². The lowest BCUT2D eigenvalue weighted by molar-refractivity contribution is -0.121. The largest absolute Gasteiger partial charge is 0.486 e. The molecule has 3 heterocycles. The summed E-state index contributed by atoms with van der Waals surface area (Å²) in [6.07, 6.45) is 2.37. The van der Waals surface area contributed by atoms with Gasteiger partial charge in [-0.2, -0.15) is 0 Å². The topological polar surface area (TPSA) is 82.8 Å². The monoisotopic (exact) mass is 344 g/mol. The maximum atomic E-state index is 12.0. The lowest BCUT2D eigenvalue weighted by atomic mass is 10.1. The van der Waals surface area contributed by atoms with E-state index in [4.69, 9.17) is 18.7 Å². The first-order chi connectivity index (χ1) is 12.3. The van der Waals surface area contributed by atoms with Crippen molar-refractivity contribution >= 4 is 5.91 Å². The molecule has 1 aromatic heterocycles. The Kier molecular flexibility index (Phi) is 4.56. The highest BCUT2D eigenvalue weighted by Crippen LogP contribution is 2.34. The normalized spacial score (nSPS) is 19.0. The minimum Gasteiger partial charge on any atom is -0.486 e. The first kappa shape index (κ1) is 16.0. The molecule has 0 saturated carbocycles. The highest BCUT2D eigenvalue weighted by molar-refractivity contribution is 5.78. The van der Waals surface area contributed by atoms with Gasteiger partial charge in [0.15, 0.2) is 17.3 Å². The second kappa shape index (κ2) is 7.14. The number of hydrogen-bond acceptors (Lipinski definition) is 6. The summed E-state index contributed by atoms with van der Waals surface area (Å²) in [7, 11) is 0. The summed E-state index contributed by atoms with van der Waals surface area (Å²) in [4.78, 5) is 12.0. The number of benzene rings is 1. The Morgan fingerprint density at radius 3 is 2.88 bits per heavy atom. The van der Waals surface area contributed by atoms with Crippen LogP contribution in [0.2, 0.25) is 0 Å². The summed E-state index contributed by atoms with van der Waals surface area (Å²) in [5.41, 5.74) is 1.43. The van der Waals surface area contributed by atoms with Gasteiger partial charge in [0.05, 0.1) is 18.2 Å². The Balaban J connectivity index is 1.37. The molecule has 1 N–H and O–H groups in total. The molecule has 132 valence electrons. The van der Waals surface area contributed by atoms with Crippen LogP contribution in [0.1, 0.15) is 18.5 Å². The molecule has 2 aromatic rings. The number of nitrogens with one attached hydrogen (secondary N) is 1. The van der Waals surface area contributed by atoms with Crippen LogP contribution in [-0.4, -0.2) is 43.5 Å². The second-order valence-corrected chi connectivity index (χ2v) is 6.16. The van der Waals surface area contributed by atoms with Gasteiger partial charge in [0.2, 0.25) is 5.91 Å². The van der Waals surface area contributed by atoms with Gasteiger partial charge in [-0.3, -0.25) is 4.79 Å². The van der Waals surface area contributed by atoms with E-state index in [2.05, 4.69) is 10.5 Å². The van der Waals surface area contributed by atoms with Gasteiger partial charge in [-0.05, 0) is 31.0 Å². The molecule has 25 heavy (non-hydrogen) atoms. The van der Waals surface area contributed by atoms with Crippen LogP contribution in [0.4, 0.5) is 0 Å². The van der Waals surface area contributed by atoms with Gasteiger partial charge >= 0.3 is 0 Å². The molecule has 0 bridgehead atoms. The van der Waals surface area contributed by atoms with Crippen molar-refractivity contribution in [2.75, 3.05) is 26.4 Å². The van der Waals surface area contributed by atoms with Gasteiger partial charge in [0, 0.05) is 24.8 Å². The van der Waals surface area contributed by atoms with E-state index in [0.717, 1.165) is 30.8 Å². The van der Waals surface area contributed by atoms with Crippen LogP contribution in [-0.2, 0) is 16.0 Å². The number of carbonyl (C=O) groups is 1. The molecule has 7 heteroatoms. The Morgan fingerprint density at radius 2 is 2.04 bits per heavy atom. The molecular formula is C18H20N2O5. The fourth-order valence-corrected chi connectivity index (χ4v) is 2.99. The lowest BCUT2D eigenvalue weighted by Crippen LogP contribution is -2.32. The number of amides is 1. The zero-order valence-corrected chi connectivity index (χ0v) is 13.8. The van der Waals surface area contributed by atoms with Crippen LogP contribution >= 0.6 is 0 Å². The van der Waals surface area contributed by atoms with Crippen LogP contribution in [0.5, 0.6) is 11.5 Å². The van der Waals surface area contributed by atoms with Gasteiger partial charge in [-0.15, -0.1) is 0 Å². The average molecular weight is 344 g/mol. The van der Waals surface area contributed by atoms with Gasteiger partial charge in [-0.25, -0.2) is 0 Å². The number of fused-ring (bicyclic) bond motifs is 1. The zero-order valence-electron chi connectivity index (χ0n) is 13.8. The van der Waals surface area contributed by atoms with E-state index in [-0.39, 0.29) is 18.4 Å². The van der Waals surface area contributed by atoms with E-state index in [1.807, 2.05) is 18.2 Å². The number of rotatable bonds is 5. The van der Waals surface area contributed by atoms with Crippen LogP contribution in [0.15, 0.2) is 28.8 Å². The predicted octanol–water partition coefficient (Wildman–Crippen LogP) is 1.95. The maximum Gasteiger partial charge on any atom is 0.226 e. The van der Waals surface area contributed by atoms with Crippen molar-refractivity contribution in [3.05, 3.63) is 30.0 Å². The molecule has 0 radical (unpaired) electrons. The Hall–Kier alpha value is -2.54. The summed E-state index contributed by atoms with van der Waals surface area (Å²) in [6, 6.07) is 7.36. The Labute approximate surface area is 145 Å². The number of nitrogens with zero attached hydrogens (tertiary/aromatic N) is 1. The van der Waals surface area contributed by atoms with E-state index in [9.17, 15) is 4.79 Å². The fourth-order valence-electron chi connectivity index (χ4n) is 2.99. The molecule has 7 nitrogen and oxygen atoms in total. The summed E-state index contributed by atoms with van der Waals surface area (Å²) >= 11 is 0. The van der Waals surface area contributed by atoms with Crippen molar-refractivity contribution in [3.8, 4) is 22.8 Å². The van der Waals surface area contributed by atoms with Crippen LogP contribution in [0, 0.1) is 0 Å². The molecule has 1 saturated heterocycles. The summed E-state index contributed by atoms with van der Waals surface area (Å²) < 4.78 is 21.9. The summed E-state index contributed by atoms with van der Waals surface area (Å²) in [6.45, 7) is 2.41. The Bertz CT molecular complexity index is 752. The third kappa shape index (κ3) is 3.76. The van der Waals surface area contributed by atoms with E-state index in [0.29, 0.717) is 37.0 Å². The van der Waals surface area contributed by atoms with Crippen molar-refractivity contribution in [3.63, 3.8) is 0 Å². The van der Waals surface area contributed by atoms with Gasteiger partial charge in [-0.1, -0.05) is 5.16 Å². The highest BCUT2D eigenvalue weighted by Gasteiger charge is 2.18. The summed E-state index contributed by atoms with van der Waals surface area (Å²) in [5, 5.41) is 6.87. The third-order valence-corrected chi connectivity index (χ3v) is 4.28. The number of carbonyl (C=O) groups excluding carboxylic acids is 1. The molecule has 1 fully saturated rings. The van der Waals surface area contributed by atoms with Crippen molar-refractivity contribution in [2.24, 2.45) is 0 Å². The van der Waals surface area contributed by atoms with Crippen molar-refractivity contribution in [1.29, 1.82) is 0 Å². The van der Waals surface area contributed by atoms with E-state index < -0.39 is 0 Å². The SMILES string of the molecule is O=C(Cc1cc(-c2ccc3c(c2)OCCO3)on1)NC[C@H]1CCCO1. The smallest absolute Gasteiger partial charge is 0.226 e. The minimum atomic E-state index is -0.0856. The zero-order chi connectivity index (χ0) is 17.1. The molecule has 1 amide bonds. The standard InChI is InChI=1S/C18H20N2O5/c21-18(19-11-14-2-1-5-22-14)10-13-9-16(25-20-13)12-3-4-15-17(8-12)24-7-6-23-15/h3-4,8-9,14H,1-2,5-7,10-11H2,(H,19,21)/t14-/m1/s1. The number of ether oxygens (including phenoxy) is 3. The molecule has 0 aliphatic carbocycles. The first-order valence-corrected chi connectivity index (χ1v) is 8.52. The molecule has 2 aliphatic heterocycles. The van der Waals surface area contributed by atoms with Crippen LogP contribution in [0.25, 0.3) is 11.3 Å². The van der Waals surface area contributed by atoms with Crippen molar-refractivity contribution < 1.29 is 23.5 Å². The average Bonchev–Trinajstić information content (AvgIpc) is 3.31. The summed E-state index contributed by atoms with van der Waals surface area (Å²) in [5.74, 6) is 1.93. The quantitative estimate of drug-likeness (QED) is 0.893. The molecule has 4 rings (SSSR count). The number of aromatic nitrogens is 1. The van der Waals surface area contributed by atoms with E-state index in [1.54, 1.807) is 6.07 Å². The minimum absolute atomic E-state index is 0.0856. The molecule has 2 aliphatic rings. The van der Waals surface area contributed by atoms with Crippen molar-refractivity contribution in [1.82, 2.24) is 10.5 Å². The van der Waals surface area contributed by atoms with Crippen molar-refractivity contribution in [2.45, 2.75) is 25.4 Å². The van der Waals surface area contributed by atoms with Gasteiger partial charge < -0.3 is 24.1 Å². The third-order valence-electron chi connectivity index (χ3n) is 4.28. The van der Waals surface area contributed by atoms with Crippen LogP contribution in [0.3, 0.4) is 0 Å². The molecule has 1 atom stereocenters. The number of hydrogen-bond donors (Lipinski definition) is 1. The van der Waals surface area contributed by atoms with E-state index in [1.165, 1.54) is 0 Å². The fraction of sp³-hybridized carbons (Fsp3) is 0.444. The lowest BCUT2D eigenvalue weighted by Gasteiger charge is -2.18. The maximum absolute atomic E-state index is 12.0.